The average molecular weight is 458 g/mol. The molecule has 0 atom stereocenters. The SMILES string of the molecule is NC1CCC(Nc2ncc3nc(Nc4ccc(F)cc4F)n(C4CCC(O)CC4)c3n2)CC1. The van der Waals surface area contributed by atoms with Gasteiger partial charge < -0.3 is 21.5 Å². The van der Waals surface area contributed by atoms with Gasteiger partial charge in [0, 0.05) is 24.2 Å². The van der Waals surface area contributed by atoms with Gasteiger partial charge in [0.15, 0.2) is 5.65 Å². The van der Waals surface area contributed by atoms with E-state index in [0.717, 1.165) is 44.6 Å². The van der Waals surface area contributed by atoms with E-state index in [2.05, 4.69) is 20.6 Å². The van der Waals surface area contributed by atoms with E-state index < -0.39 is 11.6 Å². The zero-order valence-electron chi connectivity index (χ0n) is 18.3. The fourth-order valence-corrected chi connectivity index (χ4v) is 4.87. The van der Waals surface area contributed by atoms with E-state index in [-0.39, 0.29) is 29.9 Å². The van der Waals surface area contributed by atoms with Crippen molar-refractivity contribution in [1.82, 2.24) is 19.5 Å². The summed E-state index contributed by atoms with van der Waals surface area (Å²) in [7, 11) is 0. The van der Waals surface area contributed by atoms with Gasteiger partial charge in [-0.1, -0.05) is 0 Å². The maximum absolute atomic E-state index is 14.3. The van der Waals surface area contributed by atoms with Gasteiger partial charge in [-0.3, -0.25) is 4.57 Å². The van der Waals surface area contributed by atoms with Crippen LogP contribution in [0.3, 0.4) is 0 Å². The molecule has 33 heavy (non-hydrogen) atoms. The summed E-state index contributed by atoms with van der Waals surface area (Å²) < 4.78 is 29.7. The largest absolute Gasteiger partial charge is 0.393 e. The molecule has 2 saturated carbocycles. The van der Waals surface area contributed by atoms with Crippen LogP contribution in [0, 0.1) is 11.6 Å². The second-order valence-electron chi connectivity index (χ2n) is 9.18. The summed E-state index contributed by atoms with van der Waals surface area (Å²) in [6.07, 6.45) is 8.09. The Morgan fingerprint density at radius 2 is 1.76 bits per heavy atom. The number of nitrogens with one attached hydrogen (secondary N) is 2. The van der Waals surface area contributed by atoms with Crippen LogP contribution < -0.4 is 16.4 Å². The zero-order chi connectivity index (χ0) is 22.9. The molecule has 1 aromatic carbocycles. The predicted octanol–water partition coefficient (Wildman–Crippen LogP) is 4.01. The molecular formula is C23H29F2N7O. The predicted molar refractivity (Wildman–Crippen MR) is 122 cm³/mol. The highest BCUT2D eigenvalue weighted by Gasteiger charge is 2.27. The van der Waals surface area contributed by atoms with Gasteiger partial charge in [-0.2, -0.15) is 4.98 Å². The van der Waals surface area contributed by atoms with Crippen molar-refractivity contribution >= 4 is 28.7 Å². The lowest BCUT2D eigenvalue weighted by Gasteiger charge is -2.28. The second-order valence-corrected chi connectivity index (χ2v) is 9.18. The fourth-order valence-electron chi connectivity index (χ4n) is 4.87. The average Bonchev–Trinajstić information content (AvgIpc) is 3.15. The van der Waals surface area contributed by atoms with Crippen molar-refractivity contribution in [2.45, 2.75) is 75.6 Å². The summed E-state index contributed by atoms with van der Waals surface area (Å²) in [5.41, 5.74) is 7.38. The highest BCUT2D eigenvalue weighted by atomic mass is 19.1. The molecule has 176 valence electrons. The molecular weight excluding hydrogens is 428 g/mol. The van der Waals surface area contributed by atoms with Crippen molar-refractivity contribution in [2.75, 3.05) is 10.6 Å². The number of rotatable bonds is 5. The number of aliphatic hydroxyl groups excluding tert-OH is 1. The van der Waals surface area contributed by atoms with Crippen LogP contribution in [0.15, 0.2) is 24.4 Å². The van der Waals surface area contributed by atoms with Gasteiger partial charge in [0.25, 0.3) is 0 Å². The molecule has 2 fully saturated rings. The van der Waals surface area contributed by atoms with Crippen LogP contribution in [0.5, 0.6) is 0 Å². The lowest BCUT2D eigenvalue weighted by molar-refractivity contribution is 0.112. The minimum Gasteiger partial charge on any atom is -0.393 e. The third kappa shape index (κ3) is 4.77. The smallest absolute Gasteiger partial charge is 0.224 e. The third-order valence-corrected chi connectivity index (χ3v) is 6.75. The molecule has 2 aromatic heterocycles. The molecule has 10 heteroatoms. The van der Waals surface area contributed by atoms with Gasteiger partial charge in [-0.15, -0.1) is 0 Å². The quantitative estimate of drug-likeness (QED) is 0.458. The van der Waals surface area contributed by atoms with Crippen LogP contribution >= 0.6 is 0 Å². The number of aliphatic hydroxyl groups is 1. The molecule has 0 spiro atoms. The van der Waals surface area contributed by atoms with E-state index in [1.807, 2.05) is 4.57 Å². The first-order valence-electron chi connectivity index (χ1n) is 11.6. The van der Waals surface area contributed by atoms with E-state index >= 15 is 0 Å². The van der Waals surface area contributed by atoms with Crippen molar-refractivity contribution in [3.05, 3.63) is 36.0 Å². The van der Waals surface area contributed by atoms with Gasteiger partial charge in [-0.05, 0) is 63.5 Å². The molecule has 0 aliphatic heterocycles. The van der Waals surface area contributed by atoms with E-state index in [1.165, 1.54) is 12.1 Å². The molecule has 2 aliphatic rings. The molecule has 0 bridgehead atoms. The Morgan fingerprint density at radius 3 is 2.48 bits per heavy atom. The molecule has 2 aliphatic carbocycles. The van der Waals surface area contributed by atoms with Crippen molar-refractivity contribution in [3.8, 4) is 0 Å². The molecule has 0 amide bonds. The summed E-state index contributed by atoms with van der Waals surface area (Å²) in [4.78, 5) is 13.8. The first-order valence-corrected chi connectivity index (χ1v) is 11.6. The van der Waals surface area contributed by atoms with Gasteiger partial charge in [0.2, 0.25) is 11.9 Å². The Morgan fingerprint density at radius 1 is 1.00 bits per heavy atom. The number of halogens is 2. The van der Waals surface area contributed by atoms with Gasteiger partial charge in [0.05, 0.1) is 18.0 Å². The molecule has 0 radical (unpaired) electrons. The number of anilines is 3. The maximum Gasteiger partial charge on any atom is 0.224 e. The summed E-state index contributed by atoms with van der Waals surface area (Å²) in [6, 6.07) is 3.97. The molecule has 0 saturated heterocycles. The Labute approximate surface area is 190 Å². The molecule has 0 unspecified atom stereocenters. The molecule has 3 aromatic rings. The highest BCUT2D eigenvalue weighted by Crippen LogP contribution is 2.35. The van der Waals surface area contributed by atoms with Crippen molar-refractivity contribution in [2.24, 2.45) is 5.73 Å². The minimum atomic E-state index is -0.698. The second kappa shape index (κ2) is 9.18. The fraction of sp³-hybridized carbons (Fsp3) is 0.522. The zero-order valence-corrected chi connectivity index (χ0v) is 18.3. The van der Waals surface area contributed by atoms with E-state index in [1.54, 1.807) is 6.20 Å². The number of hydrogen-bond acceptors (Lipinski definition) is 7. The van der Waals surface area contributed by atoms with Gasteiger partial charge in [-0.25, -0.2) is 18.7 Å². The third-order valence-electron chi connectivity index (χ3n) is 6.75. The Hall–Kier alpha value is -2.85. The first-order chi connectivity index (χ1) is 16.0. The molecule has 5 N–H and O–H groups in total. The Kier molecular flexibility index (Phi) is 6.11. The topological polar surface area (TPSA) is 114 Å². The monoisotopic (exact) mass is 457 g/mol. The number of imidazole rings is 1. The summed E-state index contributed by atoms with van der Waals surface area (Å²) in [5.74, 6) is -0.388. The summed E-state index contributed by atoms with van der Waals surface area (Å²) in [5, 5.41) is 16.4. The van der Waals surface area contributed by atoms with Crippen LogP contribution in [0.4, 0.5) is 26.4 Å². The van der Waals surface area contributed by atoms with Crippen molar-refractivity contribution in [1.29, 1.82) is 0 Å². The molecule has 2 heterocycles. The van der Waals surface area contributed by atoms with Crippen LogP contribution in [0.25, 0.3) is 11.2 Å². The number of hydrogen-bond donors (Lipinski definition) is 4. The number of aromatic nitrogens is 4. The van der Waals surface area contributed by atoms with Crippen LogP contribution in [-0.4, -0.2) is 42.8 Å². The summed E-state index contributed by atoms with van der Waals surface area (Å²) >= 11 is 0. The number of benzene rings is 1. The maximum atomic E-state index is 14.3. The van der Waals surface area contributed by atoms with Crippen LogP contribution in [0.1, 0.15) is 57.4 Å². The van der Waals surface area contributed by atoms with E-state index in [0.29, 0.717) is 35.9 Å². The first kappa shape index (κ1) is 22.0. The summed E-state index contributed by atoms with van der Waals surface area (Å²) in [6.45, 7) is 0. The van der Waals surface area contributed by atoms with E-state index in [9.17, 15) is 13.9 Å². The molecule has 8 nitrogen and oxygen atoms in total. The van der Waals surface area contributed by atoms with E-state index in [4.69, 9.17) is 10.7 Å². The van der Waals surface area contributed by atoms with Crippen LogP contribution in [-0.2, 0) is 0 Å². The van der Waals surface area contributed by atoms with Gasteiger partial charge in [0.1, 0.15) is 17.2 Å². The lowest BCUT2D eigenvalue weighted by atomic mass is 9.92. The number of fused-ring (bicyclic) bond motifs is 1. The highest BCUT2D eigenvalue weighted by molar-refractivity contribution is 5.76. The Balaban J connectivity index is 1.49. The number of nitrogens with two attached hydrogens (primary N) is 1. The van der Waals surface area contributed by atoms with Crippen molar-refractivity contribution < 1.29 is 13.9 Å². The molecule has 5 rings (SSSR count). The lowest BCUT2D eigenvalue weighted by Crippen LogP contribution is -2.33. The standard InChI is InChI=1S/C23H29F2N7O/c24-13-1-10-19(18(25)11-13)29-23-30-20-12-27-22(28-15-4-2-14(26)3-5-15)31-21(20)32(23)16-6-8-17(33)9-7-16/h1,10-12,14-17,33H,2-9,26H2,(H,29,30)(H,27,28,31). The van der Waals surface area contributed by atoms with Gasteiger partial charge >= 0.3 is 0 Å². The Bertz CT molecular complexity index is 1120. The van der Waals surface area contributed by atoms with Crippen molar-refractivity contribution in [3.63, 3.8) is 0 Å². The number of nitrogens with zero attached hydrogens (tertiary/aromatic N) is 4. The normalized spacial score (nSPS) is 25.8. The minimum absolute atomic E-state index is 0.0415. The van der Waals surface area contributed by atoms with Crippen LogP contribution in [0.2, 0.25) is 0 Å².